The first-order valence-electron chi connectivity index (χ1n) is 7.02. The summed E-state index contributed by atoms with van der Waals surface area (Å²) in [5.74, 6) is 0.734. The van der Waals surface area contributed by atoms with E-state index in [1.807, 2.05) is 47.3 Å². The summed E-state index contributed by atoms with van der Waals surface area (Å²) >= 11 is 0. The molecule has 108 valence electrons. The normalized spacial score (nSPS) is 11.2. The van der Waals surface area contributed by atoms with Crippen molar-refractivity contribution in [3.05, 3.63) is 54.5 Å². The minimum Gasteiger partial charge on any atom is -0.356 e. The molecule has 5 nitrogen and oxygen atoms in total. The summed E-state index contributed by atoms with van der Waals surface area (Å²) < 4.78 is 7.21. The molecule has 3 aromatic rings. The van der Waals surface area contributed by atoms with Crippen molar-refractivity contribution in [3.63, 3.8) is 0 Å². The third-order valence-corrected chi connectivity index (χ3v) is 3.14. The second kappa shape index (κ2) is 5.93. The van der Waals surface area contributed by atoms with Crippen molar-refractivity contribution in [1.82, 2.24) is 20.3 Å². The average molecular weight is 282 g/mol. The highest BCUT2D eigenvalue weighted by Gasteiger charge is 2.10. The van der Waals surface area contributed by atoms with Crippen LogP contribution >= 0.6 is 0 Å². The van der Waals surface area contributed by atoms with E-state index in [-0.39, 0.29) is 0 Å². The van der Waals surface area contributed by atoms with Gasteiger partial charge in [0, 0.05) is 24.8 Å². The molecule has 2 heterocycles. The molecule has 3 rings (SSSR count). The maximum atomic E-state index is 5.39. The molecular formula is C16H18N4O. The first kappa shape index (κ1) is 13.6. The van der Waals surface area contributed by atoms with Crippen LogP contribution in [0, 0.1) is 0 Å². The molecule has 1 N–H and O–H groups in total. The first-order chi connectivity index (χ1) is 10.2. The van der Waals surface area contributed by atoms with Crippen LogP contribution in [0.5, 0.6) is 0 Å². The fourth-order valence-electron chi connectivity index (χ4n) is 2.01. The standard InChI is InChI=1S/C16H18N4O/c1-12(2)17-10-14-8-16(21-19-14)13-9-18-20(11-13)15-6-4-3-5-7-15/h3-9,11-12,17H,10H2,1-2H3. The lowest BCUT2D eigenvalue weighted by Gasteiger charge is -2.03. The average Bonchev–Trinajstić information content (AvgIpc) is 3.15. The van der Waals surface area contributed by atoms with Crippen LogP contribution in [0.2, 0.25) is 0 Å². The Kier molecular flexibility index (Phi) is 3.83. The van der Waals surface area contributed by atoms with Crippen molar-refractivity contribution in [2.45, 2.75) is 26.4 Å². The molecule has 0 aliphatic heterocycles. The Morgan fingerprint density at radius 1 is 1.24 bits per heavy atom. The van der Waals surface area contributed by atoms with E-state index in [1.165, 1.54) is 0 Å². The van der Waals surface area contributed by atoms with E-state index in [4.69, 9.17) is 4.52 Å². The Balaban J connectivity index is 1.77. The van der Waals surface area contributed by atoms with Crippen LogP contribution < -0.4 is 5.32 Å². The molecule has 0 radical (unpaired) electrons. The predicted octanol–water partition coefficient (Wildman–Crippen LogP) is 3.03. The number of aromatic nitrogens is 3. The Morgan fingerprint density at radius 2 is 2.05 bits per heavy atom. The van der Waals surface area contributed by atoms with Crippen LogP contribution in [0.4, 0.5) is 0 Å². The van der Waals surface area contributed by atoms with Crippen molar-refractivity contribution in [3.8, 4) is 17.0 Å². The van der Waals surface area contributed by atoms with E-state index in [9.17, 15) is 0 Å². The summed E-state index contributed by atoms with van der Waals surface area (Å²) in [6.45, 7) is 4.91. The van der Waals surface area contributed by atoms with Gasteiger partial charge in [-0.2, -0.15) is 5.10 Å². The van der Waals surface area contributed by atoms with Crippen LogP contribution in [0.3, 0.4) is 0 Å². The van der Waals surface area contributed by atoms with Crippen molar-refractivity contribution in [1.29, 1.82) is 0 Å². The summed E-state index contributed by atoms with van der Waals surface area (Å²) in [7, 11) is 0. The van der Waals surface area contributed by atoms with Crippen LogP contribution in [0.25, 0.3) is 17.0 Å². The van der Waals surface area contributed by atoms with Crippen LogP contribution in [0.1, 0.15) is 19.5 Å². The Morgan fingerprint density at radius 3 is 2.81 bits per heavy atom. The number of nitrogens with one attached hydrogen (secondary N) is 1. The van der Waals surface area contributed by atoms with E-state index in [2.05, 4.69) is 29.4 Å². The number of hydrogen-bond acceptors (Lipinski definition) is 4. The Hall–Kier alpha value is -2.40. The van der Waals surface area contributed by atoms with Crippen LogP contribution in [0.15, 0.2) is 53.3 Å². The first-order valence-corrected chi connectivity index (χ1v) is 7.02. The molecule has 0 unspecified atom stereocenters. The quantitative estimate of drug-likeness (QED) is 0.781. The zero-order valence-electron chi connectivity index (χ0n) is 12.2. The third-order valence-electron chi connectivity index (χ3n) is 3.14. The van der Waals surface area contributed by atoms with Gasteiger partial charge >= 0.3 is 0 Å². The molecule has 0 amide bonds. The molecule has 0 aliphatic carbocycles. The summed E-state index contributed by atoms with van der Waals surface area (Å²) in [6.07, 6.45) is 3.72. The second-order valence-electron chi connectivity index (χ2n) is 5.23. The molecule has 1 aromatic carbocycles. The van der Waals surface area contributed by atoms with Gasteiger partial charge in [0.25, 0.3) is 0 Å². The van der Waals surface area contributed by atoms with Crippen molar-refractivity contribution < 1.29 is 4.52 Å². The van der Waals surface area contributed by atoms with Crippen molar-refractivity contribution >= 4 is 0 Å². The summed E-state index contributed by atoms with van der Waals surface area (Å²) in [5, 5.41) is 11.7. The molecule has 2 aromatic heterocycles. The highest BCUT2D eigenvalue weighted by molar-refractivity contribution is 5.55. The highest BCUT2D eigenvalue weighted by Crippen LogP contribution is 2.21. The molecule has 0 fully saturated rings. The molecule has 0 saturated heterocycles. The predicted molar refractivity (Wildman–Crippen MR) is 81.0 cm³/mol. The summed E-state index contributed by atoms with van der Waals surface area (Å²) in [6, 6.07) is 12.3. The molecule has 0 aliphatic rings. The van der Waals surface area contributed by atoms with Crippen molar-refractivity contribution in [2.24, 2.45) is 0 Å². The minimum absolute atomic E-state index is 0.422. The topological polar surface area (TPSA) is 55.9 Å². The Bertz CT molecular complexity index is 700. The lowest BCUT2D eigenvalue weighted by Crippen LogP contribution is -2.21. The molecule has 21 heavy (non-hydrogen) atoms. The van der Waals surface area contributed by atoms with Gasteiger partial charge in [0.15, 0.2) is 5.76 Å². The number of rotatable bonds is 5. The van der Waals surface area contributed by atoms with E-state index < -0.39 is 0 Å². The van der Waals surface area contributed by atoms with Gasteiger partial charge in [-0.3, -0.25) is 0 Å². The fraction of sp³-hybridized carbons (Fsp3) is 0.250. The van der Waals surface area contributed by atoms with Crippen molar-refractivity contribution in [2.75, 3.05) is 0 Å². The van der Waals surface area contributed by atoms with E-state index in [0.29, 0.717) is 12.6 Å². The fourth-order valence-corrected chi connectivity index (χ4v) is 2.01. The molecule has 0 spiro atoms. The van der Waals surface area contributed by atoms with Gasteiger partial charge in [-0.15, -0.1) is 0 Å². The number of nitrogens with zero attached hydrogens (tertiary/aromatic N) is 3. The molecular weight excluding hydrogens is 264 g/mol. The second-order valence-corrected chi connectivity index (χ2v) is 5.23. The molecule has 0 bridgehead atoms. The number of hydrogen-bond donors (Lipinski definition) is 1. The van der Waals surface area contributed by atoms with E-state index in [1.54, 1.807) is 6.20 Å². The van der Waals surface area contributed by atoms with Crippen LogP contribution in [-0.2, 0) is 6.54 Å². The minimum atomic E-state index is 0.422. The van der Waals surface area contributed by atoms with Crippen LogP contribution in [-0.4, -0.2) is 21.0 Å². The van der Waals surface area contributed by atoms with Gasteiger partial charge in [0.05, 0.1) is 23.1 Å². The zero-order valence-corrected chi connectivity index (χ0v) is 12.2. The third kappa shape index (κ3) is 3.20. The van der Waals surface area contributed by atoms with Gasteiger partial charge in [0.1, 0.15) is 0 Å². The molecule has 0 atom stereocenters. The van der Waals surface area contributed by atoms with Gasteiger partial charge in [-0.25, -0.2) is 4.68 Å². The van der Waals surface area contributed by atoms with Gasteiger partial charge < -0.3 is 9.84 Å². The summed E-state index contributed by atoms with van der Waals surface area (Å²) in [5.41, 5.74) is 2.83. The maximum Gasteiger partial charge on any atom is 0.170 e. The number of para-hydroxylation sites is 1. The van der Waals surface area contributed by atoms with Gasteiger partial charge in [0.2, 0.25) is 0 Å². The molecule has 5 heteroatoms. The Labute approximate surface area is 123 Å². The molecule has 0 saturated carbocycles. The lowest BCUT2D eigenvalue weighted by atomic mass is 10.2. The zero-order chi connectivity index (χ0) is 14.7. The van der Waals surface area contributed by atoms with E-state index >= 15 is 0 Å². The highest BCUT2D eigenvalue weighted by atomic mass is 16.5. The van der Waals surface area contributed by atoms with E-state index in [0.717, 1.165) is 22.7 Å². The smallest absolute Gasteiger partial charge is 0.170 e. The van der Waals surface area contributed by atoms with Gasteiger partial charge in [-0.1, -0.05) is 37.2 Å². The summed E-state index contributed by atoms with van der Waals surface area (Å²) in [4.78, 5) is 0. The lowest BCUT2D eigenvalue weighted by molar-refractivity contribution is 0.417. The largest absolute Gasteiger partial charge is 0.356 e. The number of benzene rings is 1. The van der Waals surface area contributed by atoms with Gasteiger partial charge in [-0.05, 0) is 12.1 Å². The monoisotopic (exact) mass is 282 g/mol. The maximum absolute atomic E-state index is 5.39. The SMILES string of the molecule is CC(C)NCc1cc(-c2cnn(-c3ccccc3)c2)on1.